The molecule has 3 aromatic rings. The second kappa shape index (κ2) is 7.17. The first-order chi connectivity index (χ1) is 11.7. The van der Waals surface area contributed by atoms with E-state index in [1.54, 1.807) is 7.05 Å². The Morgan fingerprint density at radius 2 is 1.83 bits per heavy atom. The van der Waals surface area contributed by atoms with Crippen LogP contribution in [-0.4, -0.2) is 22.6 Å². The Labute approximate surface area is 142 Å². The van der Waals surface area contributed by atoms with E-state index < -0.39 is 0 Å². The number of benzene rings is 2. The summed E-state index contributed by atoms with van der Waals surface area (Å²) in [5, 5.41) is 6.75. The number of hydrogen-bond donors (Lipinski definition) is 2. The van der Waals surface area contributed by atoms with Gasteiger partial charge < -0.3 is 15.2 Å². The molecule has 5 heteroatoms. The van der Waals surface area contributed by atoms with Crippen LogP contribution in [0.2, 0.25) is 0 Å². The second-order valence-electron chi connectivity index (χ2n) is 5.78. The molecule has 124 valence electrons. The molecule has 0 spiro atoms. The van der Waals surface area contributed by atoms with E-state index in [0.717, 1.165) is 22.8 Å². The van der Waals surface area contributed by atoms with Crippen molar-refractivity contribution >= 4 is 17.0 Å². The molecule has 1 aromatic heterocycles. The van der Waals surface area contributed by atoms with Crippen molar-refractivity contribution < 1.29 is 0 Å². The summed E-state index contributed by atoms with van der Waals surface area (Å²) in [5.41, 5.74) is 3.37. The van der Waals surface area contributed by atoms with Crippen LogP contribution in [0.3, 0.4) is 0 Å². The van der Waals surface area contributed by atoms with Crippen molar-refractivity contribution in [1.82, 2.24) is 20.2 Å². The van der Waals surface area contributed by atoms with E-state index in [9.17, 15) is 0 Å². The van der Waals surface area contributed by atoms with E-state index >= 15 is 0 Å². The van der Waals surface area contributed by atoms with Crippen LogP contribution >= 0.6 is 0 Å². The number of nitrogens with one attached hydrogen (secondary N) is 2. The first-order valence-electron chi connectivity index (χ1n) is 8.11. The number of aryl methyl sites for hydroxylation is 1. The van der Waals surface area contributed by atoms with Crippen LogP contribution in [0.25, 0.3) is 11.0 Å². The van der Waals surface area contributed by atoms with Crippen LogP contribution in [0.1, 0.15) is 24.4 Å². The first-order valence-corrected chi connectivity index (χ1v) is 8.11. The molecule has 0 saturated carbocycles. The highest BCUT2D eigenvalue weighted by Gasteiger charge is 2.10. The lowest BCUT2D eigenvalue weighted by Crippen LogP contribution is -2.38. The van der Waals surface area contributed by atoms with Gasteiger partial charge in [-0.1, -0.05) is 42.5 Å². The summed E-state index contributed by atoms with van der Waals surface area (Å²) in [4.78, 5) is 8.98. The van der Waals surface area contributed by atoms with Gasteiger partial charge in [0.1, 0.15) is 5.82 Å². The number of aliphatic imine (C=N–C) groups is 1. The predicted octanol–water partition coefficient (Wildman–Crippen LogP) is 3.00. The summed E-state index contributed by atoms with van der Waals surface area (Å²) in [6.45, 7) is 2.74. The number of hydrogen-bond acceptors (Lipinski definition) is 2. The van der Waals surface area contributed by atoms with Gasteiger partial charge in [0.15, 0.2) is 5.96 Å². The van der Waals surface area contributed by atoms with Gasteiger partial charge in [0.2, 0.25) is 0 Å². The average molecular weight is 321 g/mol. The largest absolute Gasteiger partial charge is 0.350 e. The van der Waals surface area contributed by atoms with Crippen LogP contribution in [0, 0.1) is 0 Å². The molecule has 24 heavy (non-hydrogen) atoms. The zero-order chi connectivity index (χ0) is 16.9. The maximum Gasteiger partial charge on any atom is 0.191 e. The molecule has 1 atom stereocenters. The molecule has 1 unspecified atom stereocenters. The topological polar surface area (TPSA) is 54.2 Å². The molecule has 0 aliphatic rings. The van der Waals surface area contributed by atoms with Crippen LogP contribution in [-0.2, 0) is 13.6 Å². The minimum Gasteiger partial charge on any atom is -0.350 e. The molecular formula is C19H23N5. The Morgan fingerprint density at radius 3 is 2.54 bits per heavy atom. The predicted molar refractivity (Wildman–Crippen MR) is 98.9 cm³/mol. The molecule has 0 aliphatic carbocycles. The van der Waals surface area contributed by atoms with E-state index in [1.165, 1.54) is 5.56 Å². The quantitative estimate of drug-likeness (QED) is 0.574. The van der Waals surface area contributed by atoms with Crippen molar-refractivity contribution in [3.63, 3.8) is 0 Å². The molecule has 2 aromatic carbocycles. The highest BCUT2D eigenvalue weighted by Crippen LogP contribution is 2.14. The van der Waals surface area contributed by atoms with Gasteiger partial charge in [-0.3, -0.25) is 4.99 Å². The fraction of sp³-hybridized carbons (Fsp3) is 0.263. The molecule has 0 saturated heterocycles. The summed E-state index contributed by atoms with van der Waals surface area (Å²) < 4.78 is 2.11. The zero-order valence-electron chi connectivity index (χ0n) is 14.3. The van der Waals surface area contributed by atoms with E-state index in [-0.39, 0.29) is 6.04 Å². The van der Waals surface area contributed by atoms with E-state index in [0.29, 0.717) is 6.54 Å². The monoisotopic (exact) mass is 321 g/mol. The third-order valence-electron chi connectivity index (χ3n) is 4.17. The van der Waals surface area contributed by atoms with E-state index in [1.807, 2.05) is 43.4 Å². The molecule has 1 heterocycles. The maximum absolute atomic E-state index is 4.67. The van der Waals surface area contributed by atoms with Gasteiger partial charge in [0.25, 0.3) is 0 Å². The lowest BCUT2D eigenvalue weighted by Gasteiger charge is -2.18. The van der Waals surface area contributed by atoms with Crippen molar-refractivity contribution in [3.8, 4) is 0 Å². The van der Waals surface area contributed by atoms with Crippen molar-refractivity contribution in [1.29, 1.82) is 0 Å². The summed E-state index contributed by atoms with van der Waals surface area (Å²) in [7, 11) is 3.82. The number of rotatable bonds is 4. The minimum atomic E-state index is 0.179. The van der Waals surface area contributed by atoms with Crippen LogP contribution in [0.15, 0.2) is 59.6 Å². The fourth-order valence-electron chi connectivity index (χ4n) is 2.74. The first kappa shape index (κ1) is 16.1. The standard InChI is InChI=1S/C19H23N5/c1-14(15-9-5-4-6-10-15)22-19(20-2)21-13-18-23-16-11-7-8-12-17(16)24(18)3/h4-12,14H,13H2,1-3H3,(H2,20,21,22). The van der Waals surface area contributed by atoms with Crippen molar-refractivity contribution in [3.05, 3.63) is 66.0 Å². The summed E-state index contributed by atoms with van der Waals surface area (Å²) in [6, 6.07) is 18.7. The summed E-state index contributed by atoms with van der Waals surface area (Å²) in [6.07, 6.45) is 0. The number of nitrogens with zero attached hydrogens (tertiary/aromatic N) is 3. The lowest BCUT2D eigenvalue weighted by molar-refractivity contribution is 0.672. The van der Waals surface area contributed by atoms with E-state index in [2.05, 4.69) is 50.3 Å². The molecule has 0 bridgehead atoms. The highest BCUT2D eigenvalue weighted by atomic mass is 15.2. The van der Waals surface area contributed by atoms with Gasteiger partial charge in [-0.2, -0.15) is 0 Å². The SMILES string of the molecule is CN=C(NCc1nc2ccccc2n1C)NC(C)c1ccccc1. The minimum absolute atomic E-state index is 0.179. The molecule has 0 fully saturated rings. The fourth-order valence-corrected chi connectivity index (χ4v) is 2.74. The van der Waals surface area contributed by atoms with Crippen LogP contribution < -0.4 is 10.6 Å². The second-order valence-corrected chi connectivity index (χ2v) is 5.78. The highest BCUT2D eigenvalue weighted by molar-refractivity contribution is 5.80. The summed E-state index contributed by atoms with van der Waals surface area (Å²) in [5.74, 6) is 1.74. The Morgan fingerprint density at radius 1 is 1.12 bits per heavy atom. The number of fused-ring (bicyclic) bond motifs is 1. The Hall–Kier alpha value is -2.82. The van der Waals surface area contributed by atoms with Crippen molar-refractivity contribution in [2.24, 2.45) is 12.0 Å². The number of aromatic nitrogens is 2. The van der Waals surface area contributed by atoms with Crippen molar-refractivity contribution in [2.45, 2.75) is 19.5 Å². The Balaban J connectivity index is 1.66. The van der Waals surface area contributed by atoms with Gasteiger partial charge in [-0.15, -0.1) is 0 Å². The summed E-state index contributed by atoms with van der Waals surface area (Å²) >= 11 is 0. The Bertz CT molecular complexity index is 835. The molecule has 0 aliphatic heterocycles. The average Bonchev–Trinajstić information content (AvgIpc) is 2.95. The normalized spacial score (nSPS) is 13.0. The smallest absolute Gasteiger partial charge is 0.191 e. The van der Waals surface area contributed by atoms with Crippen LogP contribution in [0.4, 0.5) is 0 Å². The van der Waals surface area contributed by atoms with E-state index in [4.69, 9.17) is 0 Å². The molecule has 5 nitrogen and oxygen atoms in total. The third kappa shape index (κ3) is 3.40. The van der Waals surface area contributed by atoms with Gasteiger partial charge in [0, 0.05) is 14.1 Å². The van der Waals surface area contributed by atoms with Crippen LogP contribution in [0.5, 0.6) is 0 Å². The van der Waals surface area contributed by atoms with Gasteiger partial charge >= 0.3 is 0 Å². The molecule has 0 radical (unpaired) electrons. The van der Waals surface area contributed by atoms with Crippen molar-refractivity contribution in [2.75, 3.05) is 7.05 Å². The third-order valence-corrected chi connectivity index (χ3v) is 4.17. The molecule has 2 N–H and O–H groups in total. The van der Waals surface area contributed by atoms with Gasteiger partial charge in [-0.25, -0.2) is 4.98 Å². The lowest BCUT2D eigenvalue weighted by atomic mass is 10.1. The zero-order valence-corrected chi connectivity index (χ0v) is 14.3. The Kier molecular flexibility index (Phi) is 4.79. The molecule has 0 amide bonds. The number of para-hydroxylation sites is 2. The number of guanidine groups is 1. The number of imidazole rings is 1. The molecular weight excluding hydrogens is 298 g/mol. The molecule has 3 rings (SSSR count). The maximum atomic E-state index is 4.67. The van der Waals surface area contributed by atoms with Gasteiger partial charge in [-0.05, 0) is 24.6 Å². The van der Waals surface area contributed by atoms with Gasteiger partial charge in [0.05, 0.1) is 23.6 Å².